The van der Waals surface area contributed by atoms with Crippen LogP contribution in [0.3, 0.4) is 0 Å². The molecule has 0 rings (SSSR count). The van der Waals surface area contributed by atoms with Crippen molar-refractivity contribution in [2.45, 2.75) is 0 Å². The molecule has 0 spiro atoms. The van der Waals surface area contributed by atoms with Crippen LogP contribution in [0.2, 0.25) is 0 Å². The Kier molecular flexibility index (Phi) is 7.26. The first kappa shape index (κ1) is 15.2. The van der Waals surface area contributed by atoms with Crippen molar-refractivity contribution in [1.29, 1.82) is 5.26 Å². The van der Waals surface area contributed by atoms with E-state index in [1.54, 1.807) is 0 Å². The molecule has 13 heavy (non-hydrogen) atoms. The number of nitrogens with zero attached hydrogens (tertiary/aromatic N) is 1. The van der Waals surface area contributed by atoms with Crippen molar-refractivity contribution in [1.82, 2.24) is 0 Å². The van der Waals surface area contributed by atoms with E-state index in [9.17, 15) is 9.13 Å². The minimum Gasteiger partial charge on any atom is -0.381 e. The van der Waals surface area contributed by atoms with Gasteiger partial charge in [0.15, 0.2) is 0 Å². The van der Waals surface area contributed by atoms with E-state index >= 15 is 0 Å². The summed E-state index contributed by atoms with van der Waals surface area (Å²) in [5.41, 5.74) is 0. The van der Waals surface area contributed by atoms with Crippen molar-refractivity contribution < 1.29 is 38.1 Å². The molecule has 5 N–H and O–H groups in total. The molecule has 9 nitrogen and oxygen atoms in total. The fraction of sp³-hybridized carbons (Fsp3) is 0.500. The van der Waals surface area contributed by atoms with E-state index in [-0.39, 0.29) is 6.61 Å². The fourth-order valence-corrected chi connectivity index (χ4v) is 1.25. The monoisotopic (exact) mass is 235 g/mol. The van der Waals surface area contributed by atoms with Gasteiger partial charge < -0.3 is 24.7 Å². The molecule has 0 bridgehead atoms. The van der Waals surface area contributed by atoms with Gasteiger partial charge in [-0.3, -0.25) is 0 Å². The van der Waals surface area contributed by atoms with Crippen molar-refractivity contribution in [3.63, 3.8) is 0 Å². The van der Waals surface area contributed by atoms with Crippen LogP contribution in [0.25, 0.3) is 0 Å². The zero-order valence-corrected chi connectivity index (χ0v) is 7.80. The molecular weight excluding hydrogens is 228 g/mol. The summed E-state index contributed by atoms with van der Waals surface area (Å²) in [5, 5.41) is 14.9. The Morgan fingerprint density at radius 3 is 1.38 bits per heavy atom. The SMILES string of the molecule is N#CCO.O=P(O)(O)OP(=O)(O)O. The summed E-state index contributed by atoms with van der Waals surface area (Å²) >= 11 is 0. The molecule has 0 aromatic carbocycles. The smallest absolute Gasteiger partial charge is 0.381 e. The maximum atomic E-state index is 9.63. The predicted octanol–water partition coefficient (Wildman–Crippen LogP) is -1.31. The van der Waals surface area contributed by atoms with Gasteiger partial charge in [0.2, 0.25) is 0 Å². The first-order chi connectivity index (χ1) is 5.62. The van der Waals surface area contributed by atoms with Gasteiger partial charge in [-0.05, 0) is 0 Å². The third kappa shape index (κ3) is 24.5. The lowest BCUT2D eigenvalue weighted by Crippen LogP contribution is -1.84. The van der Waals surface area contributed by atoms with Crippen LogP contribution in [0.15, 0.2) is 0 Å². The largest absolute Gasteiger partial charge is 0.478 e. The molecule has 0 aliphatic rings. The van der Waals surface area contributed by atoms with E-state index in [4.69, 9.17) is 29.9 Å². The van der Waals surface area contributed by atoms with Gasteiger partial charge in [0.1, 0.15) is 6.61 Å². The Labute approximate surface area is 72.7 Å². The first-order valence-corrected chi connectivity index (χ1v) is 5.48. The van der Waals surface area contributed by atoms with Gasteiger partial charge in [0, 0.05) is 0 Å². The minimum atomic E-state index is -5.05. The lowest BCUT2D eigenvalue weighted by Gasteiger charge is -2.03. The highest BCUT2D eigenvalue weighted by atomic mass is 31.3. The molecule has 0 aliphatic heterocycles. The highest BCUT2D eigenvalue weighted by Gasteiger charge is 2.27. The average molecular weight is 235 g/mol. The van der Waals surface area contributed by atoms with E-state index < -0.39 is 15.6 Å². The van der Waals surface area contributed by atoms with Crippen LogP contribution >= 0.6 is 15.6 Å². The van der Waals surface area contributed by atoms with Crippen LogP contribution in [-0.2, 0) is 13.4 Å². The number of aliphatic hydroxyl groups excluding tert-OH is 1. The Morgan fingerprint density at radius 1 is 1.15 bits per heavy atom. The maximum Gasteiger partial charge on any atom is 0.478 e. The maximum absolute atomic E-state index is 9.63. The van der Waals surface area contributed by atoms with Gasteiger partial charge in [-0.25, -0.2) is 9.13 Å². The molecule has 0 heterocycles. The van der Waals surface area contributed by atoms with Gasteiger partial charge in [0.05, 0.1) is 6.07 Å². The van der Waals surface area contributed by atoms with Crippen LogP contribution in [0.5, 0.6) is 0 Å². The van der Waals surface area contributed by atoms with Gasteiger partial charge in [-0.2, -0.15) is 9.57 Å². The predicted molar refractivity (Wildman–Crippen MR) is 37.9 cm³/mol. The second kappa shape index (κ2) is 6.21. The van der Waals surface area contributed by atoms with E-state index in [1.165, 1.54) is 6.07 Å². The van der Waals surface area contributed by atoms with E-state index in [2.05, 4.69) is 4.31 Å². The second-order valence-corrected chi connectivity index (χ2v) is 3.99. The van der Waals surface area contributed by atoms with Crippen LogP contribution in [0.1, 0.15) is 0 Å². The Morgan fingerprint density at radius 2 is 1.38 bits per heavy atom. The molecule has 0 saturated carbocycles. The Hall–Kier alpha value is -0.290. The van der Waals surface area contributed by atoms with E-state index in [0.717, 1.165) is 0 Å². The van der Waals surface area contributed by atoms with Crippen molar-refractivity contribution in [2.75, 3.05) is 6.61 Å². The lowest BCUT2D eigenvalue weighted by atomic mass is 10.9. The van der Waals surface area contributed by atoms with Crippen LogP contribution < -0.4 is 0 Å². The zero-order valence-electron chi connectivity index (χ0n) is 6.01. The van der Waals surface area contributed by atoms with Crippen molar-refractivity contribution in [3.8, 4) is 6.07 Å². The number of hydrogen-bond donors (Lipinski definition) is 5. The van der Waals surface area contributed by atoms with Gasteiger partial charge in [-0.15, -0.1) is 0 Å². The molecule has 78 valence electrons. The second-order valence-electron chi connectivity index (χ2n) is 1.38. The van der Waals surface area contributed by atoms with Gasteiger partial charge >= 0.3 is 15.6 Å². The number of nitriles is 1. The summed E-state index contributed by atoms with van der Waals surface area (Å²) in [6.45, 7) is -0.375. The quantitative estimate of drug-likeness (QED) is 0.288. The van der Waals surface area contributed by atoms with Crippen molar-refractivity contribution >= 4 is 15.6 Å². The summed E-state index contributed by atoms with van der Waals surface area (Å²) in [4.78, 5) is 31.0. The number of hydrogen-bond acceptors (Lipinski definition) is 5. The number of aliphatic hydroxyl groups is 1. The molecule has 0 atom stereocenters. The molecule has 0 fully saturated rings. The number of rotatable bonds is 2. The number of phosphoric acid groups is 2. The Bertz CT molecular complexity index is 236. The summed E-state index contributed by atoms with van der Waals surface area (Å²) in [6.07, 6.45) is 0. The highest BCUT2D eigenvalue weighted by molar-refractivity contribution is 7.60. The molecule has 0 amide bonds. The van der Waals surface area contributed by atoms with Crippen LogP contribution in [-0.4, -0.2) is 31.3 Å². The zero-order chi connectivity index (χ0) is 11.1. The van der Waals surface area contributed by atoms with Crippen LogP contribution in [0, 0.1) is 11.3 Å². The van der Waals surface area contributed by atoms with Gasteiger partial charge in [0.25, 0.3) is 0 Å². The Balaban J connectivity index is 0. The molecule has 11 heteroatoms. The van der Waals surface area contributed by atoms with Crippen molar-refractivity contribution in [3.05, 3.63) is 0 Å². The molecule has 0 radical (unpaired) electrons. The lowest BCUT2D eigenvalue weighted by molar-refractivity contribution is 0.225. The highest BCUT2D eigenvalue weighted by Crippen LogP contribution is 2.53. The fourth-order valence-electron chi connectivity index (χ4n) is 0.139. The molecule has 0 aromatic heterocycles. The molecular formula is C2H7NO8P2. The standard InChI is InChI=1S/C2H3NO.H4O7P2/c3-1-2-4;1-8(2,3)7-9(4,5)6/h4H,2H2;(H2,1,2,3)(H2,4,5,6). The summed E-state index contributed by atoms with van der Waals surface area (Å²) in [7, 11) is -10.1. The topological polar surface area (TPSA) is 168 Å². The van der Waals surface area contributed by atoms with Crippen LogP contribution in [0.4, 0.5) is 0 Å². The van der Waals surface area contributed by atoms with Crippen molar-refractivity contribution in [2.24, 2.45) is 0 Å². The average Bonchev–Trinajstić information content (AvgIpc) is 1.80. The summed E-state index contributed by atoms with van der Waals surface area (Å²) < 4.78 is 22.2. The molecule has 0 aromatic rings. The summed E-state index contributed by atoms with van der Waals surface area (Å²) in [6, 6.07) is 1.49. The normalized spacial score (nSPS) is 11.1. The third-order valence-electron chi connectivity index (χ3n) is 0.283. The first-order valence-electron chi connectivity index (χ1n) is 2.42. The molecule has 0 unspecified atom stereocenters. The summed E-state index contributed by atoms with van der Waals surface area (Å²) in [5.74, 6) is 0. The van der Waals surface area contributed by atoms with Gasteiger partial charge in [-0.1, -0.05) is 0 Å². The third-order valence-corrected chi connectivity index (χ3v) is 1.99. The molecule has 0 aliphatic carbocycles. The van der Waals surface area contributed by atoms with E-state index in [1.807, 2.05) is 0 Å². The molecule has 0 saturated heterocycles. The minimum absolute atomic E-state index is 0.375. The van der Waals surface area contributed by atoms with E-state index in [0.29, 0.717) is 0 Å².